The Morgan fingerprint density at radius 3 is 2.83 bits per heavy atom. The standard InChI is InChI=1S/C9H10BrClS/c10-9-4-3-8(11)6-7(9)2-1-5-12/h3-4,6,12H,1-2,5H2. The zero-order valence-corrected chi connectivity index (χ0v) is 9.79. The minimum atomic E-state index is 0.798. The molecule has 1 rings (SSSR count). The Kier molecular flexibility index (Phi) is 4.47. The van der Waals surface area contributed by atoms with Crippen molar-refractivity contribution in [1.29, 1.82) is 0 Å². The quantitative estimate of drug-likeness (QED) is 0.786. The van der Waals surface area contributed by atoms with Gasteiger partial charge in [0.1, 0.15) is 0 Å². The van der Waals surface area contributed by atoms with Crippen LogP contribution in [0.15, 0.2) is 22.7 Å². The molecule has 0 fully saturated rings. The Bertz CT molecular complexity index is 263. The fourth-order valence-electron chi connectivity index (χ4n) is 1.00. The van der Waals surface area contributed by atoms with Crippen LogP contribution in [0.2, 0.25) is 5.02 Å². The maximum absolute atomic E-state index is 5.86. The molecule has 0 aliphatic heterocycles. The summed E-state index contributed by atoms with van der Waals surface area (Å²) >= 11 is 13.5. The van der Waals surface area contributed by atoms with Crippen LogP contribution in [0.5, 0.6) is 0 Å². The van der Waals surface area contributed by atoms with E-state index in [-0.39, 0.29) is 0 Å². The first-order valence-corrected chi connectivity index (χ1v) is 5.59. The average molecular weight is 266 g/mol. The molecule has 12 heavy (non-hydrogen) atoms. The van der Waals surface area contributed by atoms with Crippen LogP contribution in [0.4, 0.5) is 0 Å². The molecule has 0 saturated carbocycles. The van der Waals surface area contributed by atoms with Crippen molar-refractivity contribution >= 4 is 40.2 Å². The first kappa shape index (κ1) is 10.4. The number of hydrogen-bond acceptors (Lipinski definition) is 1. The van der Waals surface area contributed by atoms with Gasteiger partial charge in [-0.1, -0.05) is 27.5 Å². The summed E-state index contributed by atoms with van der Waals surface area (Å²) in [5.41, 5.74) is 1.26. The zero-order valence-electron chi connectivity index (χ0n) is 6.56. The molecule has 0 N–H and O–H groups in total. The van der Waals surface area contributed by atoms with Crippen molar-refractivity contribution in [3.05, 3.63) is 33.3 Å². The molecule has 0 amide bonds. The predicted octanol–water partition coefficient (Wildman–Crippen LogP) is 3.96. The largest absolute Gasteiger partial charge is 0.179 e. The van der Waals surface area contributed by atoms with Crippen molar-refractivity contribution < 1.29 is 0 Å². The fraction of sp³-hybridized carbons (Fsp3) is 0.333. The summed E-state index contributed by atoms with van der Waals surface area (Å²) in [6.45, 7) is 0. The molecule has 0 aliphatic carbocycles. The zero-order chi connectivity index (χ0) is 8.97. The number of hydrogen-bond donors (Lipinski definition) is 1. The lowest BCUT2D eigenvalue weighted by molar-refractivity contribution is 0.931. The average Bonchev–Trinajstić information content (AvgIpc) is 2.07. The van der Waals surface area contributed by atoms with E-state index in [4.69, 9.17) is 11.6 Å². The Morgan fingerprint density at radius 2 is 2.17 bits per heavy atom. The van der Waals surface area contributed by atoms with Crippen molar-refractivity contribution in [2.75, 3.05) is 5.75 Å². The molecule has 3 heteroatoms. The highest BCUT2D eigenvalue weighted by molar-refractivity contribution is 9.10. The molecule has 66 valence electrons. The second-order valence-corrected chi connectivity index (χ2v) is 4.30. The molecular formula is C9H10BrClS. The van der Waals surface area contributed by atoms with E-state index in [1.165, 1.54) is 5.56 Å². The molecule has 1 aromatic rings. The van der Waals surface area contributed by atoms with Gasteiger partial charge in [-0.25, -0.2) is 0 Å². The Morgan fingerprint density at radius 1 is 1.42 bits per heavy atom. The Labute approximate surface area is 91.9 Å². The van der Waals surface area contributed by atoms with Crippen LogP contribution in [-0.2, 0) is 6.42 Å². The molecule has 0 aromatic heterocycles. The van der Waals surface area contributed by atoms with Crippen LogP contribution < -0.4 is 0 Å². The normalized spacial score (nSPS) is 10.2. The molecule has 0 saturated heterocycles. The van der Waals surface area contributed by atoms with E-state index in [1.54, 1.807) is 0 Å². The van der Waals surface area contributed by atoms with E-state index in [2.05, 4.69) is 28.6 Å². The van der Waals surface area contributed by atoms with Crippen LogP contribution in [0.3, 0.4) is 0 Å². The summed E-state index contributed by atoms with van der Waals surface area (Å²) in [6, 6.07) is 5.86. The minimum Gasteiger partial charge on any atom is -0.179 e. The number of thiol groups is 1. The number of aryl methyl sites for hydroxylation is 1. The van der Waals surface area contributed by atoms with Gasteiger partial charge in [-0.3, -0.25) is 0 Å². The van der Waals surface area contributed by atoms with Gasteiger partial charge in [0.05, 0.1) is 0 Å². The van der Waals surface area contributed by atoms with Gasteiger partial charge >= 0.3 is 0 Å². The third-order valence-electron chi connectivity index (χ3n) is 1.61. The van der Waals surface area contributed by atoms with E-state index < -0.39 is 0 Å². The van der Waals surface area contributed by atoms with E-state index in [0.717, 1.165) is 28.1 Å². The Balaban J connectivity index is 2.75. The van der Waals surface area contributed by atoms with Crippen LogP contribution in [0.25, 0.3) is 0 Å². The second kappa shape index (κ2) is 5.15. The van der Waals surface area contributed by atoms with Gasteiger partial charge in [0.15, 0.2) is 0 Å². The topological polar surface area (TPSA) is 0 Å². The first-order chi connectivity index (χ1) is 5.74. The molecule has 0 unspecified atom stereocenters. The number of rotatable bonds is 3. The molecule has 0 radical (unpaired) electrons. The molecule has 0 nitrogen and oxygen atoms in total. The SMILES string of the molecule is SCCCc1cc(Cl)ccc1Br. The number of benzene rings is 1. The molecular weight excluding hydrogens is 256 g/mol. The smallest absolute Gasteiger partial charge is 0.0409 e. The van der Waals surface area contributed by atoms with Crippen LogP contribution in [0, 0.1) is 0 Å². The van der Waals surface area contributed by atoms with Gasteiger partial charge in [0, 0.05) is 9.50 Å². The molecule has 0 spiro atoms. The molecule has 0 heterocycles. The van der Waals surface area contributed by atoms with Crippen molar-refractivity contribution in [3.63, 3.8) is 0 Å². The highest BCUT2D eigenvalue weighted by Gasteiger charge is 1.99. The fourth-order valence-corrected chi connectivity index (χ4v) is 1.80. The molecule has 0 atom stereocenters. The van der Waals surface area contributed by atoms with Crippen molar-refractivity contribution in [1.82, 2.24) is 0 Å². The first-order valence-electron chi connectivity index (χ1n) is 3.79. The summed E-state index contributed by atoms with van der Waals surface area (Å²) in [7, 11) is 0. The molecule has 1 aromatic carbocycles. The van der Waals surface area contributed by atoms with Crippen LogP contribution in [0.1, 0.15) is 12.0 Å². The van der Waals surface area contributed by atoms with E-state index in [0.29, 0.717) is 0 Å². The van der Waals surface area contributed by atoms with Gasteiger partial charge in [0.2, 0.25) is 0 Å². The highest BCUT2D eigenvalue weighted by Crippen LogP contribution is 2.22. The lowest BCUT2D eigenvalue weighted by atomic mass is 10.1. The van der Waals surface area contributed by atoms with Crippen molar-refractivity contribution in [2.24, 2.45) is 0 Å². The van der Waals surface area contributed by atoms with E-state index >= 15 is 0 Å². The second-order valence-electron chi connectivity index (χ2n) is 2.56. The summed E-state index contributed by atoms with van der Waals surface area (Å²) in [4.78, 5) is 0. The van der Waals surface area contributed by atoms with Gasteiger partial charge in [-0.2, -0.15) is 12.6 Å². The predicted molar refractivity (Wildman–Crippen MR) is 61.3 cm³/mol. The van der Waals surface area contributed by atoms with Gasteiger partial charge < -0.3 is 0 Å². The van der Waals surface area contributed by atoms with E-state index in [9.17, 15) is 0 Å². The summed E-state index contributed by atoms with van der Waals surface area (Å²) in [6.07, 6.45) is 2.12. The highest BCUT2D eigenvalue weighted by atomic mass is 79.9. The lowest BCUT2D eigenvalue weighted by Gasteiger charge is -2.03. The molecule has 0 aliphatic rings. The minimum absolute atomic E-state index is 0.798. The summed E-state index contributed by atoms with van der Waals surface area (Å²) < 4.78 is 1.13. The lowest BCUT2D eigenvalue weighted by Crippen LogP contribution is -1.87. The monoisotopic (exact) mass is 264 g/mol. The third-order valence-corrected chi connectivity index (χ3v) is 2.94. The summed E-state index contributed by atoms with van der Waals surface area (Å²) in [5.74, 6) is 0.916. The van der Waals surface area contributed by atoms with Crippen LogP contribution in [-0.4, -0.2) is 5.75 Å². The van der Waals surface area contributed by atoms with Gasteiger partial charge in [-0.05, 0) is 42.4 Å². The number of halogens is 2. The van der Waals surface area contributed by atoms with Gasteiger partial charge in [-0.15, -0.1) is 0 Å². The van der Waals surface area contributed by atoms with E-state index in [1.807, 2.05) is 18.2 Å². The van der Waals surface area contributed by atoms with Crippen molar-refractivity contribution in [3.8, 4) is 0 Å². The maximum atomic E-state index is 5.86. The third kappa shape index (κ3) is 3.00. The van der Waals surface area contributed by atoms with Gasteiger partial charge in [0.25, 0.3) is 0 Å². The Hall–Kier alpha value is 0.340. The maximum Gasteiger partial charge on any atom is 0.0409 e. The van der Waals surface area contributed by atoms with Crippen molar-refractivity contribution in [2.45, 2.75) is 12.8 Å². The molecule has 0 bridgehead atoms. The summed E-state index contributed by atoms with van der Waals surface area (Å²) in [5, 5.41) is 0.798. The van der Waals surface area contributed by atoms with Crippen LogP contribution >= 0.6 is 40.2 Å².